The van der Waals surface area contributed by atoms with Gasteiger partial charge >= 0.3 is 0 Å². The summed E-state index contributed by atoms with van der Waals surface area (Å²) in [5.41, 5.74) is 0.795. The van der Waals surface area contributed by atoms with Gasteiger partial charge in [0.2, 0.25) is 0 Å². The van der Waals surface area contributed by atoms with Crippen molar-refractivity contribution < 1.29 is 9.53 Å². The van der Waals surface area contributed by atoms with E-state index < -0.39 is 5.60 Å². The Bertz CT molecular complexity index is 879. The van der Waals surface area contributed by atoms with E-state index in [-0.39, 0.29) is 5.91 Å². The first-order chi connectivity index (χ1) is 12.4. The van der Waals surface area contributed by atoms with Crippen molar-refractivity contribution in [1.82, 2.24) is 15.3 Å². The highest BCUT2D eigenvalue weighted by Gasteiger charge is 2.29. The molecule has 0 fully saturated rings. The maximum absolute atomic E-state index is 12.5. The van der Waals surface area contributed by atoms with Gasteiger partial charge in [0.15, 0.2) is 5.60 Å². The maximum atomic E-state index is 12.5. The summed E-state index contributed by atoms with van der Waals surface area (Å²) in [6, 6.07) is 10.7. The third-order valence-electron chi connectivity index (χ3n) is 3.64. The number of carbonyl (C=O) groups is 1. The van der Waals surface area contributed by atoms with Crippen LogP contribution < -0.4 is 10.1 Å². The molecular formula is C19H18ClN3O2S. The van der Waals surface area contributed by atoms with Gasteiger partial charge < -0.3 is 10.1 Å². The molecule has 3 aromatic rings. The summed E-state index contributed by atoms with van der Waals surface area (Å²) in [7, 11) is 0. The number of pyridine rings is 1. The Kier molecular flexibility index (Phi) is 5.54. The molecule has 0 bridgehead atoms. The third-order valence-corrected chi connectivity index (χ3v) is 4.83. The van der Waals surface area contributed by atoms with Crippen LogP contribution in [0, 0.1) is 0 Å². The Morgan fingerprint density at radius 2 is 1.88 bits per heavy atom. The summed E-state index contributed by atoms with van der Waals surface area (Å²) >= 11 is 7.40. The minimum Gasteiger partial charge on any atom is -0.478 e. The van der Waals surface area contributed by atoms with Crippen molar-refractivity contribution in [2.45, 2.75) is 26.0 Å². The molecule has 5 nitrogen and oxygen atoms in total. The second kappa shape index (κ2) is 7.85. The number of halogens is 1. The molecule has 26 heavy (non-hydrogen) atoms. The second-order valence-corrected chi connectivity index (χ2v) is 7.42. The Labute approximate surface area is 161 Å². The van der Waals surface area contributed by atoms with Crippen molar-refractivity contribution in [1.29, 1.82) is 0 Å². The lowest BCUT2D eigenvalue weighted by atomic mass is 10.1. The minimum atomic E-state index is -1.02. The molecule has 0 atom stereocenters. The number of rotatable bonds is 6. The van der Waals surface area contributed by atoms with Gasteiger partial charge in [-0.25, -0.2) is 4.98 Å². The van der Waals surface area contributed by atoms with Crippen LogP contribution in [0.15, 0.2) is 54.2 Å². The quantitative estimate of drug-likeness (QED) is 0.683. The molecule has 0 aliphatic carbocycles. The SMILES string of the molecule is CC(C)(Oc1ccc(Cl)cc1)C(=O)NCc1csc(-c2ccncc2)n1. The Morgan fingerprint density at radius 3 is 2.58 bits per heavy atom. The van der Waals surface area contributed by atoms with Gasteiger partial charge in [-0.3, -0.25) is 9.78 Å². The zero-order valence-corrected chi connectivity index (χ0v) is 16.0. The van der Waals surface area contributed by atoms with Crippen molar-refractivity contribution in [3.8, 4) is 16.3 Å². The van der Waals surface area contributed by atoms with Crippen molar-refractivity contribution in [2.75, 3.05) is 0 Å². The zero-order chi connectivity index (χ0) is 18.6. The van der Waals surface area contributed by atoms with Gasteiger partial charge in [0.25, 0.3) is 5.91 Å². The lowest BCUT2D eigenvalue weighted by Gasteiger charge is -2.25. The topological polar surface area (TPSA) is 64.1 Å². The molecule has 0 aliphatic rings. The first kappa shape index (κ1) is 18.4. The van der Waals surface area contributed by atoms with Crippen molar-refractivity contribution in [3.05, 3.63) is 64.9 Å². The van der Waals surface area contributed by atoms with Crippen LogP contribution in [0.5, 0.6) is 5.75 Å². The van der Waals surface area contributed by atoms with Crippen LogP contribution in [0.4, 0.5) is 0 Å². The Morgan fingerprint density at radius 1 is 1.19 bits per heavy atom. The molecule has 1 aromatic carbocycles. The number of thiazole rings is 1. The fourth-order valence-electron chi connectivity index (χ4n) is 2.24. The van der Waals surface area contributed by atoms with E-state index in [0.717, 1.165) is 16.3 Å². The number of aromatic nitrogens is 2. The van der Waals surface area contributed by atoms with Gasteiger partial charge in [-0.2, -0.15) is 0 Å². The predicted molar refractivity (Wildman–Crippen MR) is 103 cm³/mol. The summed E-state index contributed by atoms with van der Waals surface area (Å²) in [4.78, 5) is 21.0. The van der Waals surface area contributed by atoms with Gasteiger partial charge in [-0.05, 0) is 50.2 Å². The van der Waals surface area contributed by atoms with E-state index in [4.69, 9.17) is 16.3 Å². The molecule has 3 rings (SSSR count). The Balaban J connectivity index is 1.59. The van der Waals surface area contributed by atoms with Gasteiger partial charge in [0.1, 0.15) is 10.8 Å². The average molecular weight is 388 g/mol. The first-order valence-electron chi connectivity index (χ1n) is 8.02. The molecular weight excluding hydrogens is 370 g/mol. The van der Waals surface area contributed by atoms with Crippen molar-refractivity contribution in [3.63, 3.8) is 0 Å². The van der Waals surface area contributed by atoms with Crippen LogP contribution in [-0.4, -0.2) is 21.5 Å². The molecule has 2 heterocycles. The molecule has 0 unspecified atom stereocenters. The van der Waals surface area contributed by atoms with E-state index in [1.165, 1.54) is 11.3 Å². The van der Waals surface area contributed by atoms with Gasteiger partial charge in [-0.1, -0.05) is 11.6 Å². The number of amides is 1. The summed E-state index contributed by atoms with van der Waals surface area (Å²) < 4.78 is 5.79. The third kappa shape index (κ3) is 4.59. The summed E-state index contributed by atoms with van der Waals surface area (Å²) in [5, 5.41) is 6.33. The number of hydrogen-bond acceptors (Lipinski definition) is 5. The van der Waals surface area contributed by atoms with E-state index in [0.29, 0.717) is 17.3 Å². The molecule has 2 aromatic heterocycles. The molecule has 7 heteroatoms. The van der Waals surface area contributed by atoms with Crippen LogP contribution >= 0.6 is 22.9 Å². The number of nitrogens with one attached hydrogen (secondary N) is 1. The van der Waals surface area contributed by atoms with Crippen LogP contribution in [0.1, 0.15) is 19.5 Å². The minimum absolute atomic E-state index is 0.217. The number of benzene rings is 1. The highest BCUT2D eigenvalue weighted by Crippen LogP contribution is 2.23. The predicted octanol–water partition coefficient (Wildman–Crippen LogP) is 4.33. The number of carbonyl (C=O) groups excluding carboxylic acids is 1. The summed E-state index contributed by atoms with van der Waals surface area (Å²) in [6.07, 6.45) is 3.46. The number of ether oxygens (including phenoxy) is 1. The average Bonchev–Trinajstić information content (AvgIpc) is 3.11. The van der Waals surface area contributed by atoms with E-state index in [2.05, 4.69) is 15.3 Å². The molecule has 0 spiro atoms. The molecule has 0 aliphatic heterocycles. The molecule has 134 valence electrons. The smallest absolute Gasteiger partial charge is 0.263 e. The van der Waals surface area contributed by atoms with Crippen LogP contribution in [0.2, 0.25) is 5.02 Å². The Hall–Kier alpha value is -2.44. The van der Waals surface area contributed by atoms with E-state index in [1.54, 1.807) is 50.5 Å². The number of nitrogens with zero attached hydrogens (tertiary/aromatic N) is 2. The normalized spacial score (nSPS) is 11.2. The van der Waals surface area contributed by atoms with E-state index in [1.807, 2.05) is 17.5 Å². The second-order valence-electron chi connectivity index (χ2n) is 6.13. The lowest BCUT2D eigenvalue weighted by Crippen LogP contribution is -2.46. The maximum Gasteiger partial charge on any atom is 0.263 e. The van der Waals surface area contributed by atoms with Crippen LogP contribution in [0.3, 0.4) is 0 Å². The summed E-state index contributed by atoms with van der Waals surface area (Å²) in [5.74, 6) is 0.370. The van der Waals surface area contributed by atoms with E-state index >= 15 is 0 Å². The van der Waals surface area contributed by atoms with E-state index in [9.17, 15) is 4.79 Å². The fourth-order valence-corrected chi connectivity index (χ4v) is 3.19. The monoisotopic (exact) mass is 387 g/mol. The fraction of sp³-hybridized carbons (Fsp3) is 0.211. The zero-order valence-electron chi connectivity index (χ0n) is 14.4. The largest absolute Gasteiger partial charge is 0.478 e. The molecule has 1 N–H and O–H groups in total. The number of hydrogen-bond donors (Lipinski definition) is 1. The highest BCUT2D eigenvalue weighted by atomic mass is 35.5. The van der Waals surface area contributed by atoms with Crippen LogP contribution in [-0.2, 0) is 11.3 Å². The lowest BCUT2D eigenvalue weighted by molar-refractivity contribution is -0.134. The van der Waals surface area contributed by atoms with Crippen molar-refractivity contribution >= 4 is 28.8 Å². The van der Waals surface area contributed by atoms with Gasteiger partial charge in [0, 0.05) is 28.4 Å². The van der Waals surface area contributed by atoms with Crippen LogP contribution in [0.25, 0.3) is 10.6 Å². The van der Waals surface area contributed by atoms with Crippen molar-refractivity contribution in [2.24, 2.45) is 0 Å². The highest BCUT2D eigenvalue weighted by molar-refractivity contribution is 7.13. The molecule has 0 radical (unpaired) electrons. The first-order valence-corrected chi connectivity index (χ1v) is 9.27. The van der Waals surface area contributed by atoms with Gasteiger partial charge in [-0.15, -0.1) is 11.3 Å². The molecule has 0 saturated heterocycles. The molecule has 0 saturated carbocycles. The molecule has 1 amide bonds. The standard InChI is InChI=1S/C19H18ClN3O2S/c1-19(2,25-16-5-3-14(20)4-6-16)18(24)22-11-15-12-26-17(23-15)13-7-9-21-10-8-13/h3-10,12H,11H2,1-2H3,(H,22,24). The van der Waals surface area contributed by atoms with Gasteiger partial charge in [0.05, 0.1) is 12.2 Å². The summed E-state index contributed by atoms with van der Waals surface area (Å²) in [6.45, 7) is 3.79.